The topological polar surface area (TPSA) is 20.3 Å². The van der Waals surface area contributed by atoms with Crippen molar-refractivity contribution >= 4 is 27.9 Å². The molecular weight excluding hydrogens is 314 g/mol. The molecular formula is C17H18BrNO. The molecule has 0 saturated carbocycles. The van der Waals surface area contributed by atoms with Crippen molar-refractivity contribution in [2.24, 2.45) is 0 Å². The first-order chi connectivity index (χ1) is 9.61. The van der Waals surface area contributed by atoms with Crippen LogP contribution in [0.2, 0.25) is 0 Å². The molecule has 3 heteroatoms. The lowest BCUT2D eigenvalue weighted by atomic mass is 10.1. The van der Waals surface area contributed by atoms with E-state index in [9.17, 15) is 4.79 Å². The van der Waals surface area contributed by atoms with Crippen LogP contribution in [-0.4, -0.2) is 12.3 Å². The second-order valence-corrected chi connectivity index (χ2v) is 5.89. The molecule has 0 saturated heterocycles. The van der Waals surface area contributed by atoms with Gasteiger partial charge in [0.1, 0.15) is 6.29 Å². The summed E-state index contributed by atoms with van der Waals surface area (Å²) in [7, 11) is 0. The van der Waals surface area contributed by atoms with Crippen molar-refractivity contribution in [1.82, 2.24) is 0 Å². The van der Waals surface area contributed by atoms with Crippen molar-refractivity contribution in [2.45, 2.75) is 26.4 Å². The van der Waals surface area contributed by atoms with E-state index >= 15 is 0 Å². The monoisotopic (exact) mass is 331 g/mol. The molecule has 0 heterocycles. The highest BCUT2D eigenvalue weighted by Crippen LogP contribution is 2.29. The average molecular weight is 332 g/mol. The van der Waals surface area contributed by atoms with Crippen molar-refractivity contribution in [3.05, 3.63) is 64.1 Å². The number of hydrogen-bond donors (Lipinski definition) is 0. The van der Waals surface area contributed by atoms with Crippen molar-refractivity contribution in [1.29, 1.82) is 0 Å². The van der Waals surface area contributed by atoms with Crippen molar-refractivity contribution < 1.29 is 4.79 Å². The Kier molecular flexibility index (Phi) is 4.96. The summed E-state index contributed by atoms with van der Waals surface area (Å²) >= 11 is 3.57. The van der Waals surface area contributed by atoms with Crippen molar-refractivity contribution in [3.8, 4) is 0 Å². The number of halogens is 1. The number of benzene rings is 2. The Morgan fingerprint density at radius 3 is 2.40 bits per heavy atom. The third-order valence-electron chi connectivity index (χ3n) is 3.24. The van der Waals surface area contributed by atoms with Gasteiger partial charge in [0.2, 0.25) is 0 Å². The molecule has 0 spiro atoms. The molecule has 0 radical (unpaired) electrons. The number of carbonyl (C=O) groups excluding carboxylic acids is 1. The Labute approximate surface area is 128 Å². The lowest BCUT2D eigenvalue weighted by molar-refractivity contribution is 0.112. The van der Waals surface area contributed by atoms with Crippen LogP contribution in [0.4, 0.5) is 5.69 Å². The van der Waals surface area contributed by atoms with Crippen LogP contribution in [0.5, 0.6) is 0 Å². The predicted octanol–water partition coefficient (Wildman–Crippen LogP) is 4.68. The molecule has 0 aliphatic heterocycles. The van der Waals surface area contributed by atoms with E-state index in [-0.39, 0.29) is 0 Å². The van der Waals surface area contributed by atoms with Gasteiger partial charge in [0.05, 0.1) is 5.69 Å². The molecule has 0 N–H and O–H groups in total. The third-order valence-corrected chi connectivity index (χ3v) is 3.87. The molecule has 0 fully saturated rings. The lowest BCUT2D eigenvalue weighted by Crippen LogP contribution is -2.30. The van der Waals surface area contributed by atoms with E-state index in [0.717, 1.165) is 23.0 Å². The maximum absolute atomic E-state index is 10.8. The van der Waals surface area contributed by atoms with Gasteiger partial charge in [-0.3, -0.25) is 4.79 Å². The average Bonchev–Trinajstić information content (AvgIpc) is 2.46. The molecule has 0 bridgehead atoms. The van der Waals surface area contributed by atoms with E-state index in [4.69, 9.17) is 0 Å². The first-order valence-electron chi connectivity index (χ1n) is 6.67. The predicted molar refractivity (Wildman–Crippen MR) is 87.3 cm³/mol. The van der Waals surface area contributed by atoms with E-state index in [0.29, 0.717) is 11.6 Å². The van der Waals surface area contributed by atoms with Gasteiger partial charge in [-0.25, -0.2) is 0 Å². The van der Waals surface area contributed by atoms with Crippen LogP contribution >= 0.6 is 15.9 Å². The summed E-state index contributed by atoms with van der Waals surface area (Å²) in [6, 6.07) is 16.5. The van der Waals surface area contributed by atoms with E-state index in [2.05, 4.69) is 58.9 Å². The second kappa shape index (κ2) is 6.71. The van der Waals surface area contributed by atoms with E-state index in [1.54, 1.807) is 0 Å². The number of hydrogen-bond acceptors (Lipinski definition) is 2. The minimum absolute atomic E-state index is 0.369. The lowest BCUT2D eigenvalue weighted by Gasteiger charge is -2.30. The Balaban J connectivity index is 2.31. The van der Waals surface area contributed by atoms with Gasteiger partial charge < -0.3 is 4.90 Å². The fourth-order valence-electron chi connectivity index (χ4n) is 2.16. The van der Waals surface area contributed by atoms with Gasteiger partial charge in [0.25, 0.3) is 0 Å². The van der Waals surface area contributed by atoms with Gasteiger partial charge in [-0.05, 0) is 53.5 Å². The fraction of sp³-hybridized carbons (Fsp3) is 0.235. The maximum Gasteiger partial charge on any atom is 0.150 e. The van der Waals surface area contributed by atoms with Gasteiger partial charge in [0.15, 0.2) is 0 Å². The minimum atomic E-state index is 0.369. The quantitative estimate of drug-likeness (QED) is 0.741. The van der Waals surface area contributed by atoms with Crippen LogP contribution in [0.1, 0.15) is 29.8 Å². The Morgan fingerprint density at radius 2 is 1.85 bits per heavy atom. The smallest absolute Gasteiger partial charge is 0.150 e. The molecule has 0 aliphatic rings. The number of rotatable bonds is 5. The van der Waals surface area contributed by atoms with Crippen molar-refractivity contribution in [2.75, 3.05) is 4.90 Å². The third kappa shape index (κ3) is 3.48. The Morgan fingerprint density at radius 1 is 1.15 bits per heavy atom. The number of anilines is 1. The highest BCUT2D eigenvalue weighted by Gasteiger charge is 2.14. The Hall–Kier alpha value is -1.61. The molecule has 0 aromatic heterocycles. The normalized spacial score (nSPS) is 10.6. The van der Waals surface area contributed by atoms with E-state index < -0.39 is 0 Å². The number of nitrogens with zero attached hydrogens (tertiary/aromatic N) is 1. The van der Waals surface area contributed by atoms with Crippen LogP contribution in [0.25, 0.3) is 0 Å². The highest BCUT2D eigenvalue weighted by molar-refractivity contribution is 9.10. The second-order valence-electron chi connectivity index (χ2n) is 5.04. The summed E-state index contributed by atoms with van der Waals surface area (Å²) in [4.78, 5) is 13.1. The number of aldehydes is 1. The first-order valence-corrected chi connectivity index (χ1v) is 7.46. The molecule has 0 atom stereocenters. The summed E-state index contributed by atoms with van der Waals surface area (Å²) in [6.45, 7) is 5.18. The van der Waals surface area contributed by atoms with Gasteiger partial charge in [-0.1, -0.05) is 30.3 Å². The summed E-state index contributed by atoms with van der Waals surface area (Å²) in [6.07, 6.45) is 0.867. The highest BCUT2D eigenvalue weighted by atomic mass is 79.9. The van der Waals surface area contributed by atoms with E-state index in [1.165, 1.54) is 5.56 Å². The van der Waals surface area contributed by atoms with Gasteiger partial charge in [-0.15, -0.1) is 0 Å². The standard InChI is InChI=1S/C17H18BrNO/c1-13(2)19(11-14-6-4-3-5-7-14)17-9-8-15(12-20)10-16(17)18/h3-10,12-13H,11H2,1-2H3. The minimum Gasteiger partial charge on any atom is -0.364 e. The van der Waals surface area contributed by atoms with E-state index in [1.807, 2.05) is 24.3 Å². The molecule has 0 unspecified atom stereocenters. The largest absolute Gasteiger partial charge is 0.364 e. The molecule has 2 aromatic rings. The van der Waals surface area contributed by atoms with Crippen LogP contribution in [0, 0.1) is 0 Å². The van der Waals surface area contributed by atoms with Gasteiger partial charge in [0, 0.05) is 22.6 Å². The Bertz CT molecular complexity index is 581. The summed E-state index contributed by atoms with van der Waals surface area (Å²) in [5.41, 5.74) is 3.06. The number of carbonyl (C=O) groups is 1. The molecule has 2 rings (SSSR count). The molecule has 104 valence electrons. The fourth-order valence-corrected chi connectivity index (χ4v) is 2.78. The van der Waals surface area contributed by atoms with Gasteiger partial charge >= 0.3 is 0 Å². The zero-order valence-electron chi connectivity index (χ0n) is 11.7. The summed E-state index contributed by atoms with van der Waals surface area (Å²) in [5.74, 6) is 0. The summed E-state index contributed by atoms with van der Waals surface area (Å²) < 4.78 is 0.951. The van der Waals surface area contributed by atoms with Gasteiger partial charge in [-0.2, -0.15) is 0 Å². The van der Waals surface area contributed by atoms with Crippen molar-refractivity contribution in [3.63, 3.8) is 0 Å². The van der Waals surface area contributed by atoms with Crippen LogP contribution < -0.4 is 4.90 Å². The zero-order valence-corrected chi connectivity index (χ0v) is 13.3. The summed E-state index contributed by atoms with van der Waals surface area (Å²) in [5, 5.41) is 0. The van der Waals surface area contributed by atoms with Crippen LogP contribution in [-0.2, 0) is 6.54 Å². The zero-order chi connectivity index (χ0) is 14.5. The molecule has 0 amide bonds. The molecule has 0 aliphatic carbocycles. The molecule has 2 nitrogen and oxygen atoms in total. The molecule has 2 aromatic carbocycles. The first kappa shape index (κ1) is 14.8. The van der Waals surface area contributed by atoms with Crippen LogP contribution in [0.3, 0.4) is 0 Å². The SMILES string of the molecule is CC(C)N(Cc1ccccc1)c1ccc(C=O)cc1Br. The molecule has 20 heavy (non-hydrogen) atoms. The van der Waals surface area contributed by atoms with Crippen LogP contribution in [0.15, 0.2) is 53.0 Å². The maximum atomic E-state index is 10.8.